The van der Waals surface area contributed by atoms with Crippen molar-refractivity contribution in [2.24, 2.45) is 5.73 Å². The fourth-order valence-electron chi connectivity index (χ4n) is 2.64. The molecule has 0 aliphatic rings. The van der Waals surface area contributed by atoms with Crippen molar-refractivity contribution in [3.8, 4) is 5.75 Å². The highest BCUT2D eigenvalue weighted by Gasteiger charge is 2.24. The molecule has 0 saturated carbocycles. The van der Waals surface area contributed by atoms with Crippen LogP contribution in [0.2, 0.25) is 0 Å². The Labute approximate surface area is 151 Å². The lowest BCUT2D eigenvalue weighted by Crippen LogP contribution is -2.46. The zero-order valence-corrected chi connectivity index (χ0v) is 15.4. The minimum atomic E-state index is -0.548. The molecule has 0 radical (unpaired) electrons. The first-order valence-electron chi connectivity index (χ1n) is 9.20. The summed E-state index contributed by atoms with van der Waals surface area (Å²) in [5.41, 5.74) is 8.15. The predicted molar refractivity (Wildman–Crippen MR) is 104 cm³/mol. The average molecular weight is 341 g/mol. The molecular weight excluding hydrogens is 310 g/mol. The molecule has 2 aromatic rings. The van der Waals surface area contributed by atoms with Gasteiger partial charge < -0.3 is 15.6 Å². The highest BCUT2D eigenvalue weighted by molar-refractivity contribution is 5.27. The number of ether oxygens (including phenoxy) is 1. The molecule has 0 fully saturated rings. The van der Waals surface area contributed by atoms with Gasteiger partial charge in [-0.2, -0.15) is 0 Å². The summed E-state index contributed by atoms with van der Waals surface area (Å²) < 4.78 is 5.82. The van der Waals surface area contributed by atoms with Gasteiger partial charge in [-0.25, -0.2) is 0 Å². The average Bonchev–Trinajstić information content (AvgIpc) is 2.61. The molecule has 3 nitrogen and oxygen atoms in total. The topological polar surface area (TPSA) is 55.5 Å². The van der Waals surface area contributed by atoms with Gasteiger partial charge in [-0.05, 0) is 69.2 Å². The lowest BCUT2D eigenvalue weighted by atomic mass is 9.90. The van der Waals surface area contributed by atoms with Gasteiger partial charge in [0.15, 0.2) is 0 Å². The number of hydrogen-bond acceptors (Lipinski definition) is 3. The van der Waals surface area contributed by atoms with Crippen molar-refractivity contribution < 1.29 is 9.84 Å². The highest BCUT2D eigenvalue weighted by Crippen LogP contribution is 2.18. The number of rotatable bonds is 10. The van der Waals surface area contributed by atoms with Crippen molar-refractivity contribution in [3.63, 3.8) is 0 Å². The minimum absolute atomic E-state index is 0.508. The van der Waals surface area contributed by atoms with E-state index in [-0.39, 0.29) is 0 Å². The minimum Gasteiger partial charge on any atom is -0.494 e. The normalized spacial score (nSPS) is 14.7. The first-order chi connectivity index (χ1) is 12.0. The van der Waals surface area contributed by atoms with E-state index < -0.39 is 11.6 Å². The van der Waals surface area contributed by atoms with Gasteiger partial charge in [-0.15, -0.1) is 0 Å². The van der Waals surface area contributed by atoms with Crippen molar-refractivity contribution in [2.45, 2.75) is 57.6 Å². The number of aryl methyl sites for hydroxylation is 2. The lowest BCUT2D eigenvalue weighted by molar-refractivity contribution is 0.106. The second-order valence-corrected chi connectivity index (χ2v) is 7.12. The number of aliphatic hydroxyl groups excluding tert-OH is 1. The third-order valence-corrected chi connectivity index (χ3v) is 4.80. The number of benzene rings is 2. The first kappa shape index (κ1) is 19.5. The Morgan fingerprint density at radius 1 is 0.960 bits per heavy atom. The SMILES string of the molecule is C[C@@H](O)[C@](C)(N)CCc1ccc(OCCCCc2ccccc2)cc1. The van der Waals surface area contributed by atoms with Crippen molar-refractivity contribution in [1.82, 2.24) is 0 Å². The highest BCUT2D eigenvalue weighted by atomic mass is 16.5. The summed E-state index contributed by atoms with van der Waals surface area (Å²) in [6, 6.07) is 18.8. The number of unbranched alkanes of at least 4 members (excludes halogenated alkanes) is 1. The molecule has 2 atom stereocenters. The fourth-order valence-corrected chi connectivity index (χ4v) is 2.64. The summed E-state index contributed by atoms with van der Waals surface area (Å²) in [7, 11) is 0. The molecule has 25 heavy (non-hydrogen) atoms. The van der Waals surface area contributed by atoms with E-state index in [1.54, 1.807) is 6.92 Å². The maximum absolute atomic E-state index is 9.67. The van der Waals surface area contributed by atoms with E-state index in [0.717, 1.165) is 44.5 Å². The maximum Gasteiger partial charge on any atom is 0.119 e. The Kier molecular flexibility index (Phi) is 7.48. The Morgan fingerprint density at radius 3 is 2.24 bits per heavy atom. The molecular formula is C22H31NO2. The van der Waals surface area contributed by atoms with Crippen molar-refractivity contribution >= 4 is 0 Å². The molecule has 3 N–H and O–H groups in total. The van der Waals surface area contributed by atoms with Crippen molar-refractivity contribution in [1.29, 1.82) is 0 Å². The molecule has 3 heteroatoms. The Bertz CT molecular complexity index is 606. The van der Waals surface area contributed by atoms with Crippen LogP contribution in [-0.2, 0) is 12.8 Å². The number of nitrogens with two attached hydrogens (primary N) is 1. The fraction of sp³-hybridized carbons (Fsp3) is 0.455. The van der Waals surface area contributed by atoms with Gasteiger partial charge in [0, 0.05) is 5.54 Å². The van der Waals surface area contributed by atoms with E-state index in [9.17, 15) is 5.11 Å². The number of hydrogen-bond donors (Lipinski definition) is 2. The van der Waals surface area contributed by atoms with Crippen LogP contribution in [0.15, 0.2) is 54.6 Å². The van der Waals surface area contributed by atoms with Crippen LogP contribution in [0, 0.1) is 0 Å². The second kappa shape index (κ2) is 9.59. The van der Waals surface area contributed by atoms with Crippen LogP contribution in [0.3, 0.4) is 0 Å². The van der Waals surface area contributed by atoms with Crippen LogP contribution in [0.5, 0.6) is 5.75 Å². The van der Waals surface area contributed by atoms with Crippen LogP contribution in [0.1, 0.15) is 44.2 Å². The van der Waals surface area contributed by atoms with Crippen LogP contribution >= 0.6 is 0 Å². The molecule has 0 aliphatic carbocycles. The molecule has 0 aliphatic heterocycles. The first-order valence-corrected chi connectivity index (χ1v) is 9.20. The zero-order valence-electron chi connectivity index (χ0n) is 15.4. The third-order valence-electron chi connectivity index (χ3n) is 4.80. The molecule has 0 bridgehead atoms. The quantitative estimate of drug-likeness (QED) is 0.639. The van der Waals surface area contributed by atoms with Gasteiger partial charge in [0.05, 0.1) is 12.7 Å². The van der Waals surface area contributed by atoms with E-state index in [4.69, 9.17) is 10.5 Å². The van der Waals surface area contributed by atoms with E-state index >= 15 is 0 Å². The van der Waals surface area contributed by atoms with Gasteiger partial charge in [-0.3, -0.25) is 0 Å². The van der Waals surface area contributed by atoms with Gasteiger partial charge >= 0.3 is 0 Å². The smallest absolute Gasteiger partial charge is 0.119 e. The van der Waals surface area contributed by atoms with E-state index in [2.05, 4.69) is 42.5 Å². The molecule has 136 valence electrons. The van der Waals surface area contributed by atoms with Crippen LogP contribution < -0.4 is 10.5 Å². The van der Waals surface area contributed by atoms with Crippen LogP contribution in [0.4, 0.5) is 0 Å². The second-order valence-electron chi connectivity index (χ2n) is 7.12. The Balaban J connectivity index is 1.66. The summed E-state index contributed by atoms with van der Waals surface area (Å²) >= 11 is 0. The predicted octanol–water partition coefficient (Wildman–Crippen LogP) is 4.12. The molecule has 2 aromatic carbocycles. The monoisotopic (exact) mass is 341 g/mol. The van der Waals surface area contributed by atoms with Crippen LogP contribution in [0.25, 0.3) is 0 Å². The molecule has 2 rings (SSSR count). The van der Waals surface area contributed by atoms with Gasteiger partial charge in [0.2, 0.25) is 0 Å². The van der Waals surface area contributed by atoms with Crippen molar-refractivity contribution in [3.05, 3.63) is 65.7 Å². The molecule has 0 aromatic heterocycles. The molecule has 0 saturated heterocycles. The molecule has 0 heterocycles. The van der Waals surface area contributed by atoms with Gasteiger partial charge in [0.1, 0.15) is 5.75 Å². The van der Waals surface area contributed by atoms with E-state index in [0.29, 0.717) is 0 Å². The maximum atomic E-state index is 9.67. The zero-order chi connectivity index (χ0) is 18.1. The largest absolute Gasteiger partial charge is 0.494 e. The summed E-state index contributed by atoms with van der Waals surface area (Å²) in [6.07, 6.45) is 4.39. The summed E-state index contributed by atoms with van der Waals surface area (Å²) in [5.74, 6) is 0.912. The number of aliphatic hydroxyl groups is 1. The van der Waals surface area contributed by atoms with Gasteiger partial charge in [0.25, 0.3) is 0 Å². The lowest BCUT2D eigenvalue weighted by Gasteiger charge is -2.27. The molecule has 0 unspecified atom stereocenters. The standard InChI is InChI=1S/C22H31NO2/c1-18(24)22(2,23)16-15-20-11-13-21(14-12-20)25-17-7-6-10-19-8-4-3-5-9-19/h3-5,8-9,11-14,18,24H,6-7,10,15-17,23H2,1-2H3/t18-,22-/m1/s1. The van der Waals surface area contributed by atoms with Crippen LogP contribution in [-0.4, -0.2) is 23.4 Å². The summed E-state index contributed by atoms with van der Waals surface area (Å²) in [4.78, 5) is 0. The Morgan fingerprint density at radius 2 is 1.60 bits per heavy atom. The Hall–Kier alpha value is -1.84. The van der Waals surface area contributed by atoms with Crippen molar-refractivity contribution in [2.75, 3.05) is 6.61 Å². The van der Waals surface area contributed by atoms with E-state index in [1.165, 1.54) is 11.1 Å². The third kappa shape index (κ3) is 6.89. The molecule has 0 spiro atoms. The van der Waals surface area contributed by atoms with Gasteiger partial charge in [-0.1, -0.05) is 42.5 Å². The molecule has 0 amide bonds. The summed E-state index contributed by atoms with van der Waals surface area (Å²) in [5, 5.41) is 9.67. The van der Waals surface area contributed by atoms with E-state index in [1.807, 2.05) is 19.1 Å². The summed E-state index contributed by atoms with van der Waals surface area (Å²) in [6.45, 7) is 4.38.